The lowest BCUT2D eigenvalue weighted by Gasteiger charge is -2.71. The predicted octanol–water partition coefficient (Wildman–Crippen LogP) is 3.52. The van der Waals surface area contributed by atoms with Gasteiger partial charge in [-0.05, 0) is 109 Å². The van der Waals surface area contributed by atoms with E-state index in [0.717, 1.165) is 64.2 Å². The van der Waals surface area contributed by atoms with Gasteiger partial charge in [0.15, 0.2) is 12.6 Å². The third kappa shape index (κ3) is 5.94. The van der Waals surface area contributed by atoms with Crippen molar-refractivity contribution in [2.75, 3.05) is 13.2 Å². The van der Waals surface area contributed by atoms with Gasteiger partial charge in [0.2, 0.25) is 0 Å². The Morgan fingerprint density at radius 3 is 2.15 bits per heavy atom. The lowest BCUT2D eigenvalue weighted by Crippen LogP contribution is -2.66. The zero-order valence-corrected chi connectivity index (χ0v) is 32.7. The Morgan fingerprint density at radius 1 is 0.792 bits per heavy atom. The minimum absolute atomic E-state index is 0.0183. The number of aliphatic hydroxyl groups is 6. The van der Waals surface area contributed by atoms with Crippen molar-refractivity contribution >= 4 is 5.97 Å². The van der Waals surface area contributed by atoms with Crippen molar-refractivity contribution in [3.8, 4) is 0 Å². The van der Waals surface area contributed by atoms with Crippen LogP contribution in [0.15, 0.2) is 11.6 Å². The molecule has 4 saturated carbocycles. The Hall–Kier alpha value is -1.19. The number of fused-ring (bicyclic) bond motifs is 7. The van der Waals surface area contributed by atoms with Crippen molar-refractivity contribution in [1.29, 1.82) is 0 Å². The maximum Gasteiger partial charge on any atom is 0.310 e. The lowest BCUT2D eigenvalue weighted by atomic mass is 9.33. The zero-order chi connectivity index (χ0) is 38.7. The van der Waals surface area contributed by atoms with Gasteiger partial charge in [0.25, 0.3) is 0 Å². The first-order valence-electron chi connectivity index (χ1n) is 20.2. The summed E-state index contributed by atoms with van der Waals surface area (Å²) < 4.78 is 23.7. The molecule has 7 N–H and O–H groups in total. The van der Waals surface area contributed by atoms with Crippen molar-refractivity contribution in [3.05, 3.63) is 11.6 Å². The fourth-order valence-electron chi connectivity index (χ4n) is 13.4. The molecule has 0 aromatic heterocycles. The van der Waals surface area contributed by atoms with E-state index in [9.17, 15) is 40.5 Å². The minimum atomic E-state index is -1.65. The van der Waals surface area contributed by atoms with Crippen molar-refractivity contribution in [3.63, 3.8) is 0 Å². The molecule has 0 aromatic carbocycles. The second-order valence-corrected chi connectivity index (χ2v) is 20.2. The first-order valence-corrected chi connectivity index (χ1v) is 20.2. The Balaban J connectivity index is 1.06. The Morgan fingerprint density at radius 2 is 1.47 bits per heavy atom. The molecule has 5 aliphatic carbocycles. The van der Waals surface area contributed by atoms with Gasteiger partial charge in [0, 0.05) is 0 Å². The summed E-state index contributed by atoms with van der Waals surface area (Å²) in [5.41, 5.74) is 0.584. The highest BCUT2D eigenvalue weighted by Crippen LogP contribution is 2.76. The molecular weight excluding hydrogens is 684 g/mol. The average Bonchev–Trinajstić information content (AvgIpc) is 3.09. The van der Waals surface area contributed by atoms with Crippen LogP contribution in [-0.2, 0) is 23.7 Å². The number of carboxylic acid groups (broad SMARTS) is 1. The molecule has 302 valence electrons. The van der Waals surface area contributed by atoms with Crippen molar-refractivity contribution < 1.29 is 59.5 Å². The second kappa shape index (κ2) is 13.5. The van der Waals surface area contributed by atoms with E-state index in [2.05, 4.69) is 54.5 Å². The van der Waals surface area contributed by atoms with Gasteiger partial charge in [0.05, 0.1) is 24.7 Å². The van der Waals surface area contributed by atoms with Crippen LogP contribution in [0.3, 0.4) is 0 Å². The van der Waals surface area contributed by atoms with Crippen LogP contribution in [0.25, 0.3) is 0 Å². The van der Waals surface area contributed by atoms with Crippen molar-refractivity contribution in [2.24, 2.45) is 50.2 Å². The Labute approximate surface area is 314 Å². The summed E-state index contributed by atoms with van der Waals surface area (Å²) in [6.07, 6.45) is -1.38. The molecule has 53 heavy (non-hydrogen) atoms. The van der Waals surface area contributed by atoms with Crippen LogP contribution in [-0.4, -0.2) is 116 Å². The number of rotatable bonds is 6. The molecule has 12 nitrogen and oxygen atoms in total. The van der Waals surface area contributed by atoms with Gasteiger partial charge in [0.1, 0.15) is 42.7 Å². The quantitative estimate of drug-likeness (QED) is 0.155. The van der Waals surface area contributed by atoms with E-state index in [0.29, 0.717) is 11.8 Å². The summed E-state index contributed by atoms with van der Waals surface area (Å²) in [4.78, 5) is 13.0. The van der Waals surface area contributed by atoms with Gasteiger partial charge in [-0.1, -0.05) is 60.1 Å². The number of carboxylic acids is 1. The maximum atomic E-state index is 13.0. The van der Waals surface area contributed by atoms with E-state index < -0.39 is 73.3 Å². The largest absolute Gasteiger partial charge is 0.481 e. The molecule has 6 fully saturated rings. The van der Waals surface area contributed by atoms with Gasteiger partial charge in [-0.3, -0.25) is 4.79 Å². The maximum absolute atomic E-state index is 13.0. The summed E-state index contributed by atoms with van der Waals surface area (Å²) in [5.74, 6) is 0.218. The molecule has 12 heteroatoms. The van der Waals surface area contributed by atoms with Crippen LogP contribution in [0.2, 0.25) is 0 Å². The molecule has 0 radical (unpaired) electrons. The van der Waals surface area contributed by atoms with E-state index >= 15 is 0 Å². The van der Waals surface area contributed by atoms with E-state index in [1.165, 1.54) is 5.57 Å². The molecule has 2 saturated heterocycles. The molecular formula is C41H66O12. The van der Waals surface area contributed by atoms with Crippen molar-refractivity contribution in [2.45, 2.75) is 174 Å². The third-order valence-electron chi connectivity index (χ3n) is 16.9. The highest BCUT2D eigenvalue weighted by Gasteiger charge is 2.69. The molecule has 7 aliphatic rings. The summed E-state index contributed by atoms with van der Waals surface area (Å²) in [6.45, 7) is 15.8. The van der Waals surface area contributed by atoms with Crippen LogP contribution in [0.5, 0.6) is 0 Å². The molecule has 0 spiro atoms. The summed E-state index contributed by atoms with van der Waals surface area (Å²) in [7, 11) is 0. The fraction of sp³-hybridized carbons (Fsp3) is 0.927. The molecule has 17 atom stereocenters. The molecule has 0 amide bonds. The second-order valence-electron chi connectivity index (χ2n) is 20.2. The molecule has 0 aromatic rings. The van der Waals surface area contributed by atoms with Gasteiger partial charge in [-0.2, -0.15) is 0 Å². The van der Waals surface area contributed by atoms with Crippen LogP contribution in [0, 0.1) is 50.2 Å². The first kappa shape index (κ1) is 40.0. The number of hydrogen-bond donors (Lipinski definition) is 7. The van der Waals surface area contributed by atoms with E-state index in [4.69, 9.17) is 18.9 Å². The summed E-state index contributed by atoms with van der Waals surface area (Å²) in [5, 5.41) is 73.2. The summed E-state index contributed by atoms with van der Waals surface area (Å²) in [6, 6.07) is 0. The van der Waals surface area contributed by atoms with Crippen LogP contribution >= 0.6 is 0 Å². The molecule has 2 aliphatic heterocycles. The highest BCUT2D eigenvalue weighted by atomic mass is 16.7. The van der Waals surface area contributed by atoms with Crippen molar-refractivity contribution in [1.82, 2.24) is 0 Å². The number of hydrogen-bond acceptors (Lipinski definition) is 11. The fourth-order valence-corrected chi connectivity index (χ4v) is 13.4. The lowest BCUT2D eigenvalue weighted by molar-refractivity contribution is -0.351. The van der Waals surface area contributed by atoms with E-state index in [1.54, 1.807) is 0 Å². The van der Waals surface area contributed by atoms with Gasteiger partial charge in [-0.15, -0.1) is 0 Å². The zero-order valence-electron chi connectivity index (χ0n) is 32.7. The standard InChI is InChI=1S/C41H66O12/c1-36(2)14-16-41(35(48)49)17-15-39(6)21(22(41)18-36)8-9-26-38(5)12-11-27(37(3,4)25(38)10-13-40(26,39)7)53-33-31(46)29(44)24(20-50-33)52-34-32(47)30(45)28(43)23(19-42)51-34/h8,22-34,42-47H,9-20H2,1-7H3,(H,48,49)/t22?,23-,24-,25?,26?,27+,28+,29+,30+,31-,32-,33+,34+,38+,39-,40-,41+/m1/s1. The SMILES string of the molecule is CC1(C)CC[C@]2(C(=O)O)CC[C@]3(C)C(=CCC4[C@@]5(C)CC[C@H](O[C@@H]6OC[C@@H](O[C@@H]7O[C@H](CO)[C@H](O)[C@H](O)[C@H]7O)[C@H](O)[C@H]6O)C(C)(C)C5CC[C@]43C)C2C1. The van der Waals surface area contributed by atoms with Gasteiger partial charge < -0.3 is 54.7 Å². The minimum Gasteiger partial charge on any atom is -0.481 e. The first-order chi connectivity index (χ1) is 24.7. The molecule has 0 bridgehead atoms. The third-order valence-corrected chi connectivity index (χ3v) is 16.9. The summed E-state index contributed by atoms with van der Waals surface area (Å²) >= 11 is 0. The highest BCUT2D eigenvalue weighted by molar-refractivity contribution is 5.76. The number of aliphatic hydroxyl groups excluding tert-OH is 6. The number of allylic oxidation sites excluding steroid dienone is 2. The van der Waals surface area contributed by atoms with Crippen LogP contribution < -0.4 is 0 Å². The number of ether oxygens (including phenoxy) is 4. The monoisotopic (exact) mass is 750 g/mol. The molecule has 3 unspecified atom stereocenters. The predicted molar refractivity (Wildman–Crippen MR) is 192 cm³/mol. The van der Waals surface area contributed by atoms with E-state index in [1.807, 2.05) is 0 Å². The molecule has 2 heterocycles. The Bertz CT molecular complexity index is 1430. The Kier molecular flexibility index (Phi) is 10.2. The molecule has 7 rings (SSSR count). The average molecular weight is 751 g/mol. The normalized spacial score (nSPS) is 53.3. The van der Waals surface area contributed by atoms with E-state index in [-0.39, 0.29) is 45.7 Å². The van der Waals surface area contributed by atoms with Crippen LogP contribution in [0.4, 0.5) is 0 Å². The number of aliphatic carboxylic acids is 1. The van der Waals surface area contributed by atoms with Crippen LogP contribution in [0.1, 0.15) is 113 Å². The number of carbonyl (C=O) groups is 1. The topological polar surface area (TPSA) is 196 Å². The van der Waals surface area contributed by atoms with Gasteiger partial charge >= 0.3 is 5.97 Å². The van der Waals surface area contributed by atoms with Gasteiger partial charge in [-0.25, -0.2) is 0 Å². The smallest absolute Gasteiger partial charge is 0.310 e.